The summed E-state index contributed by atoms with van der Waals surface area (Å²) in [5.74, 6) is -0.260. The summed E-state index contributed by atoms with van der Waals surface area (Å²) in [6.45, 7) is 0.0867. The quantitative estimate of drug-likeness (QED) is 0.669. The van der Waals surface area contributed by atoms with Crippen molar-refractivity contribution in [3.05, 3.63) is 72.6 Å². The van der Waals surface area contributed by atoms with E-state index in [0.29, 0.717) is 17.0 Å². The smallest absolute Gasteiger partial charge is 0.348 e. The molecular formula is C20H17N3O4. The highest BCUT2D eigenvalue weighted by Gasteiger charge is 2.34. The summed E-state index contributed by atoms with van der Waals surface area (Å²) < 4.78 is 12.2. The molecule has 27 heavy (non-hydrogen) atoms. The van der Waals surface area contributed by atoms with Gasteiger partial charge in [-0.05, 0) is 42.5 Å². The highest BCUT2D eigenvalue weighted by Crippen LogP contribution is 2.34. The molecule has 1 atom stereocenters. The molecule has 0 radical (unpaired) electrons. The van der Waals surface area contributed by atoms with Crippen LogP contribution in [0.25, 0.3) is 5.69 Å². The Balaban J connectivity index is 1.64. The summed E-state index contributed by atoms with van der Waals surface area (Å²) in [5, 5.41) is 4.17. The zero-order chi connectivity index (χ0) is 18.8. The summed E-state index contributed by atoms with van der Waals surface area (Å²) in [5.41, 5.74) is 1.98. The van der Waals surface area contributed by atoms with Crippen molar-refractivity contribution in [1.29, 1.82) is 0 Å². The molecule has 0 saturated heterocycles. The van der Waals surface area contributed by atoms with E-state index in [1.54, 1.807) is 46.1 Å². The van der Waals surface area contributed by atoms with Crippen LogP contribution in [0.15, 0.2) is 67.0 Å². The van der Waals surface area contributed by atoms with Gasteiger partial charge < -0.3 is 14.4 Å². The number of esters is 1. The minimum absolute atomic E-state index is 0.0867. The van der Waals surface area contributed by atoms with Crippen LogP contribution in [0.5, 0.6) is 5.75 Å². The van der Waals surface area contributed by atoms with Crippen molar-refractivity contribution in [2.45, 2.75) is 6.10 Å². The lowest BCUT2D eigenvalue weighted by Gasteiger charge is -2.33. The Morgan fingerprint density at radius 2 is 1.89 bits per heavy atom. The molecule has 1 aliphatic heterocycles. The predicted molar refractivity (Wildman–Crippen MR) is 98.1 cm³/mol. The van der Waals surface area contributed by atoms with E-state index < -0.39 is 12.1 Å². The van der Waals surface area contributed by atoms with Crippen LogP contribution < -0.4 is 9.64 Å². The molecule has 4 rings (SSSR count). The minimum atomic E-state index is -0.864. The summed E-state index contributed by atoms with van der Waals surface area (Å²) in [6.07, 6.45) is 2.66. The van der Waals surface area contributed by atoms with Crippen LogP contribution in [-0.4, -0.2) is 41.4 Å². The first-order chi connectivity index (χ1) is 13.2. The van der Waals surface area contributed by atoms with Gasteiger partial charge in [0.1, 0.15) is 5.75 Å². The van der Waals surface area contributed by atoms with E-state index in [1.165, 1.54) is 7.11 Å². The van der Waals surface area contributed by atoms with E-state index in [0.717, 1.165) is 5.69 Å². The molecule has 1 aliphatic rings. The number of nitrogens with zero attached hydrogens (tertiary/aromatic N) is 3. The second-order valence-electron chi connectivity index (χ2n) is 6.01. The maximum atomic E-state index is 13.1. The molecule has 0 unspecified atom stereocenters. The molecular weight excluding hydrogens is 346 g/mol. The van der Waals surface area contributed by atoms with E-state index >= 15 is 0 Å². The van der Waals surface area contributed by atoms with Crippen LogP contribution in [0.3, 0.4) is 0 Å². The lowest BCUT2D eigenvalue weighted by molar-refractivity contribution is -0.148. The third-order valence-electron chi connectivity index (χ3n) is 4.37. The zero-order valence-electron chi connectivity index (χ0n) is 14.6. The Hall–Kier alpha value is -3.61. The molecule has 2 heterocycles. The van der Waals surface area contributed by atoms with Crippen molar-refractivity contribution >= 4 is 17.6 Å². The Kier molecular flexibility index (Phi) is 4.33. The Labute approximate surface area is 155 Å². The third-order valence-corrected chi connectivity index (χ3v) is 4.37. The number of carbonyl (C=O) groups is 2. The van der Waals surface area contributed by atoms with Gasteiger partial charge in [-0.15, -0.1) is 0 Å². The highest BCUT2D eigenvalue weighted by atomic mass is 16.6. The molecule has 0 aliphatic carbocycles. The second kappa shape index (κ2) is 6.95. The Morgan fingerprint density at radius 3 is 2.59 bits per heavy atom. The molecule has 0 N–H and O–H groups in total. The molecule has 136 valence electrons. The number of methoxy groups -OCH3 is 1. The number of amides is 1. The SMILES string of the molecule is COC(=O)[C@H]1CN(C(=O)c2ccc(-n3cccn3)cc2)c2ccccc2O1. The summed E-state index contributed by atoms with van der Waals surface area (Å²) in [7, 11) is 1.30. The molecule has 0 fully saturated rings. The van der Waals surface area contributed by atoms with E-state index in [2.05, 4.69) is 5.10 Å². The molecule has 2 aromatic carbocycles. The number of para-hydroxylation sites is 2. The predicted octanol–water partition coefficient (Wildman–Crippen LogP) is 2.45. The molecule has 0 spiro atoms. The largest absolute Gasteiger partial charge is 0.475 e. The van der Waals surface area contributed by atoms with E-state index in [9.17, 15) is 9.59 Å². The summed E-state index contributed by atoms with van der Waals surface area (Å²) >= 11 is 0. The average molecular weight is 363 g/mol. The number of aromatic nitrogens is 2. The molecule has 7 heteroatoms. The van der Waals surface area contributed by atoms with Gasteiger partial charge in [0.15, 0.2) is 0 Å². The van der Waals surface area contributed by atoms with E-state index in [4.69, 9.17) is 9.47 Å². The number of benzene rings is 2. The van der Waals surface area contributed by atoms with Crippen molar-refractivity contribution in [1.82, 2.24) is 9.78 Å². The molecule has 0 saturated carbocycles. The molecule has 3 aromatic rings. The number of hydrogen-bond donors (Lipinski definition) is 0. The zero-order valence-corrected chi connectivity index (χ0v) is 14.6. The lowest BCUT2D eigenvalue weighted by atomic mass is 10.1. The number of carbonyl (C=O) groups excluding carboxylic acids is 2. The highest BCUT2D eigenvalue weighted by molar-refractivity contribution is 6.07. The fraction of sp³-hybridized carbons (Fsp3) is 0.150. The molecule has 1 amide bonds. The molecule has 7 nitrogen and oxygen atoms in total. The summed E-state index contributed by atoms with van der Waals surface area (Å²) in [4.78, 5) is 26.6. The normalized spacial score (nSPS) is 15.6. The lowest BCUT2D eigenvalue weighted by Crippen LogP contribution is -2.47. The number of hydrogen-bond acceptors (Lipinski definition) is 5. The van der Waals surface area contributed by atoms with Gasteiger partial charge in [0.2, 0.25) is 6.10 Å². The number of rotatable bonds is 3. The van der Waals surface area contributed by atoms with Gasteiger partial charge in [0.05, 0.1) is 25.0 Å². The van der Waals surface area contributed by atoms with Crippen molar-refractivity contribution in [2.75, 3.05) is 18.6 Å². The summed E-state index contributed by atoms with van der Waals surface area (Å²) in [6, 6.07) is 16.1. The van der Waals surface area contributed by atoms with Crippen molar-refractivity contribution < 1.29 is 19.1 Å². The first-order valence-electron chi connectivity index (χ1n) is 8.43. The fourth-order valence-electron chi connectivity index (χ4n) is 3.02. The average Bonchev–Trinajstić information content (AvgIpc) is 3.27. The Morgan fingerprint density at radius 1 is 1.11 bits per heavy atom. The fourth-order valence-corrected chi connectivity index (χ4v) is 3.02. The first-order valence-corrected chi connectivity index (χ1v) is 8.43. The maximum Gasteiger partial charge on any atom is 0.348 e. The molecule has 0 bridgehead atoms. The van der Waals surface area contributed by atoms with Crippen LogP contribution in [0.1, 0.15) is 10.4 Å². The van der Waals surface area contributed by atoms with E-state index in [-0.39, 0.29) is 12.5 Å². The Bertz CT molecular complexity index is 967. The van der Waals surface area contributed by atoms with Crippen LogP contribution >= 0.6 is 0 Å². The van der Waals surface area contributed by atoms with Gasteiger partial charge in [0.25, 0.3) is 5.91 Å². The number of fused-ring (bicyclic) bond motifs is 1. The monoisotopic (exact) mass is 363 g/mol. The van der Waals surface area contributed by atoms with Crippen molar-refractivity contribution in [3.63, 3.8) is 0 Å². The van der Waals surface area contributed by atoms with Gasteiger partial charge in [-0.3, -0.25) is 4.79 Å². The van der Waals surface area contributed by atoms with Gasteiger partial charge in [-0.25, -0.2) is 9.48 Å². The molecule has 1 aromatic heterocycles. The number of anilines is 1. The van der Waals surface area contributed by atoms with Crippen molar-refractivity contribution in [2.24, 2.45) is 0 Å². The van der Waals surface area contributed by atoms with Crippen molar-refractivity contribution in [3.8, 4) is 11.4 Å². The van der Waals surface area contributed by atoms with Gasteiger partial charge >= 0.3 is 5.97 Å². The number of ether oxygens (including phenoxy) is 2. The topological polar surface area (TPSA) is 73.7 Å². The first kappa shape index (κ1) is 16.8. The third kappa shape index (κ3) is 3.15. The minimum Gasteiger partial charge on any atom is -0.475 e. The van der Waals surface area contributed by atoms with Crippen LogP contribution in [0.4, 0.5) is 5.69 Å². The second-order valence-corrected chi connectivity index (χ2v) is 6.01. The standard InChI is InChI=1S/C20H17N3O4/c1-26-20(25)18-13-22(16-5-2-3-6-17(16)27-18)19(24)14-7-9-15(10-8-14)23-12-4-11-21-23/h2-12,18H,13H2,1H3/t18-/m1/s1. The van der Waals surface area contributed by atoms with Crippen LogP contribution in [0, 0.1) is 0 Å². The van der Waals surface area contributed by atoms with E-state index in [1.807, 2.05) is 30.5 Å². The maximum absolute atomic E-state index is 13.1. The van der Waals surface area contributed by atoms with Gasteiger partial charge in [-0.2, -0.15) is 5.10 Å². The van der Waals surface area contributed by atoms with Gasteiger partial charge in [0, 0.05) is 18.0 Å². The van der Waals surface area contributed by atoms with Gasteiger partial charge in [-0.1, -0.05) is 12.1 Å². The van der Waals surface area contributed by atoms with Crippen LogP contribution in [-0.2, 0) is 9.53 Å². The van der Waals surface area contributed by atoms with Crippen LogP contribution in [0.2, 0.25) is 0 Å².